The third-order valence-corrected chi connectivity index (χ3v) is 6.65. The summed E-state index contributed by atoms with van der Waals surface area (Å²) in [4.78, 5) is 19.3. The molecule has 1 aromatic heterocycles. The van der Waals surface area contributed by atoms with Gasteiger partial charge < -0.3 is 19.1 Å². The predicted molar refractivity (Wildman–Crippen MR) is 138 cm³/mol. The molecule has 0 unspecified atom stereocenters. The average Bonchev–Trinajstić information content (AvgIpc) is 3.36. The highest BCUT2D eigenvalue weighted by molar-refractivity contribution is 7.10. The number of hydrogen-bond acceptors (Lipinski definition) is 6. The van der Waals surface area contributed by atoms with Crippen LogP contribution in [0.25, 0.3) is 11.3 Å². The lowest BCUT2D eigenvalue weighted by Gasteiger charge is -2.29. The number of fused-ring (bicyclic) bond motifs is 1. The van der Waals surface area contributed by atoms with Crippen molar-refractivity contribution in [2.24, 2.45) is 0 Å². The van der Waals surface area contributed by atoms with Gasteiger partial charge in [0.2, 0.25) is 0 Å². The number of carbonyl (C=O) groups excluding carboxylic acids is 1. The van der Waals surface area contributed by atoms with E-state index in [0.29, 0.717) is 25.3 Å². The average molecular weight is 487 g/mol. The quantitative estimate of drug-likeness (QED) is 0.288. The number of anilines is 1. The molecule has 0 radical (unpaired) electrons. The van der Waals surface area contributed by atoms with E-state index >= 15 is 0 Å². The summed E-state index contributed by atoms with van der Waals surface area (Å²) in [6, 6.07) is 23.7. The van der Waals surface area contributed by atoms with Crippen LogP contribution >= 0.6 is 11.3 Å². The fourth-order valence-electron chi connectivity index (χ4n) is 3.99. The summed E-state index contributed by atoms with van der Waals surface area (Å²) in [6.45, 7) is 1.09. The van der Waals surface area contributed by atoms with Gasteiger partial charge in [0, 0.05) is 23.9 Å². The largest absolute Gasteiger partial charge is 0.497 e. The lowest BCUT2D eigenvalue weighted by atomic mass is 10.1. The van der Waals surface area contributed by atoms with Crippen LogP contribution in [0.5, 0.6) is 17.2 Å². The Bertz CT molecular complexity index is 1290. The maximum Gasteiger partial charge on any atom is 0.265 e. The van der Waals surface area contributed by atoms with Gasteiger partial charge in [0.05, 0.1) is 30.1 Å². The number of carbonyl (C=O) groups is 1. The van der Waals surface area contributed by atoms with E-state index in [1.54, 1.807) is 23.3 Å². The Balaban J connectivity index is 1.26. The Hall–Kier alpha value is -3.84. The van der Waals surface area contributed by atoms with E-state index < -0.39 is 0 Å². The smallest absolute Gasteiger partial charge is 0.265 e. The van der Waals surface area contributed by atoms with Crippen LogP contribution in [0.2, 0.25) is 0 Å². The maximum atomic E-state index is 12.7. The Morgan fingerprint density at radius 1 is 1.03 bits per heavy atom. The second kappa shape index (κ2) is 10.6. The van der Waals surface area contributed by atoms with E-state index in [1.807, 2.05) is 60.7 Å². The van der Waals surface area contributed by atoms with Crippen molar-refractivity contribution in [2.75, 3.05) is 31.8 Å². The first-order valence-electron chi connectivity index (χ1n) is 11.5. The van der Waals surface area contributed by atoms with Crippen LogP contribution in [-0.2, 0) is 11.2 Å². The Morgan fingerprint density at radius 2 is 1.83 bits per heavy atom. The first kappa shape index (κ1) is 22.9. The molecule has 6 nitrogen and oxygen atoms in total. The lowest BCUT2D eigenvalue weighted by Crippen LogP contribution is -2.39. The normalized spacial score (nSPS) is 12.7. The van der Waals surface area contributed by atoms with Crippen LogP contribution < -0.4 is 19.1 Å². The molecule has 0 spiro atoms. The van der Waals surface area contributed by atoms with Gasteiger partial charge in [-0.2, -0.15) is 0 Å². The number of nitrogens with zero attached hydrogens (tertiary/aromatic N) is 2. The van der Waals surface area contributed by atoms with E-state index in [-0.39, 0.29) is 12.5 Å². The molecule has 7 heteroatoms. The summed E-state index contributed by atoms with van der Waals surface area (Å²) < 4.78 is 16.7. The monoisotopic (exact) mass is 486 g/mol. The first-order valence-corrected chi connectivity index (χ1v) is 12.4. The van der Waals surface area contributed by atoms with Crippen LogP contribution in [0.15, 0.2) is 78.2 Å². The molecule has 0 N–H and O–H groups in total. The third kappa shape index (κ3) is 5.46. The van der Waals surface area contributed by atoms with Crippen molar-refractivity contribution in [2.45, 2.75) is 12.8 Å². The van der Waals surface area contributed by atoms with Gasteiger partial charge in [0.15, 0.2) is 6.61 Å². The molecular weight excluding hydrogens is 460 g/mol. The summed E-state index contributed by atoms with van der Waals surface area (Å²) in [6.07, 6.45) is 1.50. The predicted octanol–water partition coefficient (Wildman–Crippen LogP) is 5.60. The highest BCUT2D eigenvalue weighted by Crippen LogP contribution is 2.36. The zero-order valence-corrected chi connectivity index (χ0v) is 20.3. The molecule has 178 valence electrons. The zero-order valence-electron chi connectivity index (χ0n) is 19.5. The molecular formula is C28H26N2O4S. The number of rotatable bonds is 9. The van der Waals surface area contributed by atoms with Crippen LogP contribution in [-0.4, -0.2) is 37.8 Å². The molecule has 2 heterocycles. The standard InChI is InChI=1S/C28H26N2O4S/c1-32-22-9-11-23(12-10-22)33-15-5-14-30-25-17-21(8-13-26(25)34-18-28(30)31)24-19-35-27(29-24)16-20-6-3-2-4-7-20/h2-4,6-13,17,19H,5,14-16,18H2,1H3. The first-order chi connectivity index (χ1) is 17.2. The molecule has 0 atom stereocenters. The number of hydrogen-bond donors (Lipinski definition) is 0. The van der Waals surface area contributed by atoms with E-state index in [0.717, 1.165) is 39.9 Å². The van der Waals surface area contributed by atoms with E-state index in [4.69, 9.17) is 19.2 Å². The molecule has 0 saturated heterocycles. The summed E-state index contributed by atoms with van der Waals surface area (Å²) in [7, 11) is 1.64. The molecule has 0 bridgehead atoms. The van der Waals surface area contributed by atoms with Gasteiger partial charge in [-0.3, -0.25) is 4.79 Å². The minimum atomic E-state index is -0.0536. The van der Waals surface area contributed by atoms with Crippen molar-refractivity contribution in [3.8, 4) is 28.5 Å². The number of amides is 1. The second-order valence-corrected chi connectivity index (χ2v) is 9.13. The zero-order chi connectivity index (χ0) is 24.0. The molecule has 1 aliphatic rings. The topological polar surface area (TPSA) is 60.9 Å². The number of ether oxygens (including phenoxy) is 3. The second-order valence-electron chi connectivity index (χ2n) is 8.18. The Labute approximate surface area is 208 Å². The van der Waals surface area contributed by atoms with Crippen LogP contribution in [0.1, 0.15) is 17.0 Å². The van der Waals surface area contributed by atoms with Crippen molar-refractivity contribution in [3.63, 3.8) is 0 Å². The minimum absolute atomic E-state index is 0.0452. The van der Waals surface area contributed by atoms with Crippen molar-refractivity contribution < 1.29 is 19.0 Å². The number of methoxy groups -OCH3 is 1. The van der Waals surface area contributed by atoms with Crippen molar-refractivity contribution in [1.29, 1.82) is 0 Å². The molecule has 1 amide bonds. The molecule has 0 saturated carbocycles. The third-order valence-electron chi connectivity index (χ3n) is 5.80. The number of aromatic nitrogens is 1. The van der Waals surface area contributed by atoms with Crippen molar-refractivity contribution in [3.05, 3.63) is 88.7 Å². The number of thiazole rings is 1. The fourth-order valence-corrected chi connectivity index (χ4v) is 4.82. The fraction of sp³-hybridized carbons (Fsp3) is 0.214. The van der Waals surface area contributed by atoms with Gasteiger partial charge in [0.25, 0.3) is 5.91 Å². The van der Waals surface area contributed by atoms with Gasteiger partial charge >= 0.3 is 0 Å². The Kier molecular flexibility index (Phi) is 6.95. The molecule has 4 aromatic rings. The van der Waals surface area contributed by atoms with Crippen LogP contribution in [0.3, 0.4) is 0 Å². The highest BCUT2D eigenvalue weighted by Gasteiger charge is 2.26. The molecule has 3 aromatic carbocycles. The maximum absolute atomic E-state index is 12.7. The van der Waals surface area contributed by atoms with Gasteiger partial charge in [0.1, 0.15) is 17.2 Å². The molecule has 0 fully saturated rings. The number of benzene rings is 3. The van der Waals surface area contributed by atoms with Gasteiger partial charge in [-0.05, 0) is 54.4 Å². The summed E-state index contributed by atoms with van der Waals surface area (Å²) in [5.74, 6) is 2.22. The van der Waals surface area contributed by atoms with Crippen LogP contribution in [0.4, 0.5) is 5.69 Å². The molecule has 5 rings (SSSR count). The minimum Gasteiger partial charge on any atom is -0.497 e. The Morgan fingerprint density at radius 3 is 2.63 bits per heavy atom. The van der Waals surface area contributed by atoms with E-state index in [1.165, 1.54) is 5.56 Å². The summed E-state index contributed by atoms with van der Waals surface area (Å²) >= 11 is 1.65. The lowest BCUT2D eigenvalue weighted by molar-refractivity contribution is -0.121. The molecule has 0 aliphatic carbocycles. The summed E-state index contributed by atoms with van der Waals surface area (Å²) in [5, 5.41) is 3.13. The van der Waals surface area contributed by atoms with Crippen molar-refractivity contribution in [1.82, 2.24) is 4.98 Å². The highest BCUT2D eigenvalue weighted by atomic mass is 32.1. The molecule has 1 aliphatic heterocycles. The van der Waals surface area contributed by atoms with Gasteiger partial charge in [-0.1, -0.05) is 30.3 Å². The van der Waals surface area contributed by atoms with Gasteiger partial charge in [-0.15, -0.1) is 11.3 Å². The molecule has 35 heavy (non-hydrogen) atoms. The van der Waals surface area contributed by atoms with Crippen molar-refractivity contribution >= 4 is 22.9 Å². The SMILES string of the molecule is COc1ccc(OCCCN2C(=O)COc3ccc(-c4csc(Cc5ccccc5)n4)cc32)cc1. The van der Waals surface area contributed by atoms with E-state index in [2.05, 4.69) is 17.5 Å². The summed E-state index contributed by atoms with van der Waals surface area (Å²) in [5.41, 5.74) is 3.89. The van der Waals surface area contributed by atoms with Gasteiger partial charge in [-0.25, -0.2) is 4.98 Å². The van der Waals surface area contributed by atoms with Crippen LogP contribution in [0, 0.1) is 0 Å². The van der Waals surface area contributed by atoms with E-state index in [9.17, 15) is 4.79 Å².